The van der Waals surface area contributed by atoms with Crippen LogP contribution in [0.4, 0.5) is 0 Å². The standard InChI is InChI=1S/C12H14O2.C9H10O2/c1-9-8-12(14-3)7-6-11(9)5-4-10(2)13;1-7-5-9(11-2)4-3-8(7)6-10/h4-8H,1-3H3;3-6H,1-2H3/b5-4+;. The van der Waals surface area contributed by atoms with E-state index in [0.29, 0.717) is 5.56 Å². The summed E-state index contributed by atoms with van der Waals surface area (Å²) in [6, 6.07) is 11.1. The van der Waals surface area contributed by atoms with Crippen LogP contribution in [-0.2, 0) is 4.79 Å². The zero-order valence-electron chi connectivity index (χ0n) is 15.3. The first-order chi connectivity index (χ1) is 11.9. The van der Waals surface area contributed by atoms with E-state index in [1.54, 1.807) is 32.4 Å². The lowest BCUT2D eigenvalue weighted by molar-refractivity contribution is -0.112. The highest BCUT2D eigenvalue weighted by molar-refractivity contribution is 5.91. The first-order valence-electron chi connectivity index (χ1n) is 7.84. The van der Waals surface area contributed by atoms with E-state index in [2.05, 4.69) is 0 Å². The lowest BCUT2D eigenvalue weighted by Gasteiger charge is -2.03. The third-order valence-electron chi connectivity index (χ3n) is 3.58. The van der Waals surface area contributed by atoms with Gasteiger partial charge >= 0.3 is 0 Å². The van der Waals surface area contributed by atoms with Gasteiger partial charge in [-0.3, -0.25) is 9.59 Å². The van der Waals surface area contributed by atoms with Gasteiger partial charge in [0.05, 0.1) is 14.2 Å². The molecular formula is C21H24O4. The highest BCUT2D eigenvalue weighted by atomic mass is 16.5. The molecule has 0 unspecified atom stereocenters. The molecule has 0 spiro atoms. The van der Waals surface area contributed by atoms with E-state index in [0.717, 1.165) is 34.5 Å². The second-order valence-corrected chi connectivity index (χ2v) is 5.51. The van der Waals surface area contributed by atoms with Gasteiger partial charge in [0.2, 0.25) is 0 Å². The van der Waals surface area contributed by atoms with Crippen molar-refractivity contribution in [3.8, 4) is 11.5 Å². The van der Waals surface area contributed by atoms with Gasteiger partial charge in [0.15, 0.2) is 5.78 Å². The highest BCUT2D eigenvalue weighted by Gasteiger charge is 1.97. The van der Waals surface area contributed by atoms with Gasteiger partial charge in [0.1, 0.15) is 17.8 Å². The van der Waals surface area contributed by atoms with Crippen LogP contribution < -0.4 is 9.47 Å². The first-order valence-corrected chi connectivity index (χ1v) is 7.84. The van der Waals surface area contributed by atoms with E-state index in [4.69, 9.17) is 9.47 Å². The van der Waals surface area contributed by atoms with E-state index < -0.39 is 0 Å². The molecular weight excluding hydrogens is 316 g/mol. The fourth-order valence-corrected chi connectivity index (χ4v) is 2.08. The van der Waals surface area contributed by atoms with E-state index in [1.807, 2.05) is 44.2 Å². The number of carbonyl (C=O) groups excluding carboxylic acids is 2. The molecule has 0 saturated carbocycles. The molecule has 0 aliphatic rings. The number of ether oxygens (including phenoxy) is 2. The van der Waals surface area contributed by atoms with Crippen molar-refractivity contribution < 1.29 is 19.1 Å². The van der Waals surface area contributed by atoms with Crippen molar-refractivity contribution in [2.24, 2.45) is 0 Å². The smallest absolute Gasteiger partial charge is 0.152 e. The van der Waals surface area contributed by atoms with Gasteiger partial charge in [-0.25, -0.2) is 0 Å². The Hall–Kier alpha value is -2.88. The Morgan fingerprint density at radius 1 is 0.880 bits per heavy atom. The van der Waals surface area contributed by atoms with Gasteiger partial charge in [-0.05, 0) is 73.9 Å². The molecule has 25 heavy (non-hydrogen) atoms. The van der Waals surface area contributed by atoms with Crippen LogP contribution in [0.15, 0.2) is 42.5 Å². The zero-order valence-corrected chi connectivity index (χ0v) is 15.3. The third-order valence-corrected chi connectivity index (χ3v) is 3.58. The minimum atomic E-state index is 0.0558. The second kappa shape index (κ2) is 10.1. The normalized spacial score (nSPS) is 9.96. The molecule has 2 rings (SSSR count). The van der Waals surface area contributed by atoms with Crippen molar-refractivity contribution in [2.45, 2.75) is 20.8 Å². The predicted octanol–water partition coefficient (Wildman–Crippen LogP) is 4.42. The molecule has 0 aliphatic heterocycles. The van der Waals surface area contributed by atoms with Gasteiger partial charge in [-0.1, -0.05) is 12.1 Å². The number of hydrogen-bond acceptors (Lipinski definition) is 4. The molecule has 0 bridgehead atoms. The minimum Gasteiger partial charge on any atom is -0.497 e. The summed E-state index contributed by atoms with van der Waals surface area (Å²) in [5.41, 5.74) is 3.80. The Bertz CT molecular complexity index is 760. The molecule has 0 saturated heterocycles. The quantitative estimate of drug-likeness (QED) is 0.597. The summed E-state index contributed by atoms with van der Waals surface area (Å²) in [5, 5.41) is 0. The topological polar surface area (TPSA) is 52.6 Å². The maximum atomic E-state index is 10.7. The number of benzene rings is 2. The van der Waals surface area contributed by atoms with Crippen LogP contribution in [0.25, 0.3) is 6.08 Å². The second-order valence-electron chi connectivity index (χ2n) is 5.51. The van der Waals surface area contributed by atoms with E-state index in [-0.39, 0.29) is 5.78 Å². The van der Waals surface area contributed by atoms with E-state index in [1.165, 1.54) is 6.92 Å². The van der Waals surface area contributed by atoms with Crippen LogP contribution in [0.1, 0.15) is 34.0 Å². The van der Waals surface area contributed by atoms with Gasteiger partial charge in [-0.2, -0.15) is 0 Å². The number of hydrogen-bond donors (Lipinski definition) is 0. The summed E-state index contributed by atoms with van der Waals surface area (Å²) in [7, 11) is 3.25. The number of aldehydes is 1. The molecule has 4 nitrogen and oxygen atoms in total. The van der Waals surface area contributed by atoms with E-state index >= 15 is 0 Å². The predicted molar refractivity (Wildman–Crippen MR) is 101 cm³/mol. The van der Waals surface area contributed by atoms with Crippen molar-refractivity contribution in [3.63, 3.8) is 0 Å². The fourth-order valence-electron chi connectivity index (χ4n) is 2.08. The monoisotopic (exact) mass is 340 g/mol. The Labute approximate surface area is 149 Å². The molecule has 0 N–H and O–H groups in total. The summed E-state index contributed by atoms with van der Waals surface area (Å²) >= 11 is 0. The largest absolute Gasteiger partial charge is 0.497 e. The summed E-state index contributed by atoms with van der Waals surface area (Å²) in [6.07, 6.45) is 4.22. The third kappa shape index (κ3) is 6.63. The lowest BCUT2D eigenvalue weighted by Crippen LogP contribution is -1.88. The maximum Gasteiger partial charge on any atom is 0.152 e. The Kier molecular flexibility index (Phi) is 8.13. The molecule has 0 amide bonds. The zero-order chi connectivity index (χ0) is 18.8. The summed E-state index contributed by atoms with van der Waals surface area (Å²) in [5.74, 6) is 1.68. The highest BCUT2D eigenvalue weighted by Crippen LogP contribution is 2.17. The van der Waals surface area contributed by atoms with E-state index in [9.17, 15) is 9.59 Å². The summed E-state index contributed by atoms with van der Waals surface area (Å²) < 4.78 is 10.1. The Balaban J connectivity index is 0.000000257. The SMILES string of the molecule is COc1ccc(/C=C/C(C)=O)c(C)c1.COc1ccc(C=O)c(C)c1. The van der Waals surface area contributed by atoms with Gasteiger partial charge in [0.25, 0.3) is 0 Å². The fraction of sp³-hybridized carbons (Fsp3) is 0.238. The molecule has 2 aromatic rings. The lowest BCUT2D eigenvalue weighted by atomic mass is 10.1. The van der Waals surface area contributed by atoms with Gasteiger partial charge < -0.3 is 9.47 Å². The van der Waals surface area contributed by atoms with Crippen molar-refractivity contribution in [2.75, 3.05) is 14.2 Å². The number of allylic oxidation sites excluding steroid dienone is 1. The van der Waals surface area contributed by atoms with Crippen LogP contribution in [-0.4, -0.2) is 26.3 Å². The molecule has 2 aromatic carbocycles. The minimum absolute atomic E-state index is 0.0558. The number of aryl methyl sites for hydroxylation is 2. The van der Waals surface area contributed by atoms with Crippen LogP contribution in [0.3, 0.4) is 0 Å². The van der Waals surface area contributed by atoms with Crippen LogP contribution in [0.5, 0.6) is 11.5 Å². The van der Waals surface area contributed by atoms with Crippen molar-refractivity contribution in [1.82, 2.24) is 0 Å². The molecule has 132 valence electrons. The molecule has 0 radical (unpaired) electrons. The molecule has 4 heteroatoms. The molecule has 0 atom stereocenters. The first kappa shape index (κ1) is 20.2. The average Bonchev–Trinajstić information content (AvgIpc) is 2.60. The maximum absolute atomic E-state index is 10.7. The van der Waals surface area contributed by atoms with Crippen molar-refractivity contribution in [1.29, 1.82) is 0 Å². The Morgan fingerprint density at radius 2 is 1.36 bits per heavy atom. The van der Waals surface area contributed by atoms with Crippen LogP contribution in [0.2, 0.25) is 0 Å². The molecule has 0 fully saturated rings. The average molecular weight is 340 g/mol. The van der Waals surface area contributed by atoms with Crippen molar-refractivity contribution in [3.05, 3.63) is 64.7 Å². The number of methoxy groups -OCH3 is 2. The number of ketones is 1. The van der Waals surface area contributed by atoms with Gasteiger partial charge in [-0.15, -0.1) is 0 Å². The molecule has 0 heterocycles. The number of carbonyl (C=O) groups is 2. The Morgan fingerprint density at radius 3 is 1.72 bits per heavy atom. The molecule has 0 aromatic heterocycles. The molecule has 0 aliphatic carbocycles. The number of rotatable bonds is 5. The summed E-state index contributed by atoms with van der Waals surface area (Å²) in [6.45, 7) is 5.41. The van der Waals surface area contributed by atoms with Gasteiger partial charge in [0, 0.05) is 5.56 Å². The summed E-state index contributed by atoms with van der Waals surface area (Å²) in [4.78, 5) is 21.1. The van der Waals surface area contributed by atoms with Crippen LogP contribution in [0, 0.1) is 13.8 Å². The van der Waals surface area contributed by atoms with Crippen molar-refractivity contribution >= 4 is 18.1 Å². The van der Waals surface area contributed by atoms with Crippen LogP contribution >= 0.6 is 0 Å².